The third-order valence-corrected chi connectivity index (χ3v) is 16.9. The maximum absolute atomic E-state index is 4.08. The molecular weight excluding hydrogens is 816 g/mol. The van der Waals surface area contributed by atoms with Crippen molar-refractivity contribution in [1.29, 1.82) is 0 Å². The van der Waals surface area contributed by atoms with Crippen LogP contribution < -0.4 is 16.2 Å². The Kier molecular flexibility index (Phi) is 7.97. The Balaban J connectivity index is 1.19. The Labute approximate surface area is 393 Å². The minimum absolute atomic E-state index is 0.0117. The number of nitrogens with zero attached hydrogens (tertiary/aromatic N) is 1. The highest BCUT2D eigenvalue weighted by Gasteiger charge is 2.40. The summed E-state index contributed by atoms with van der Waals surface area (Å²) >= 11 is 1.95. The topological polar surface area (TPSA) is 17.0 Å². The highest BCUT2D eigenvalue weighted by molar-refractivity contribution is 7.26. The highest BCUT2D eigenvalue weighted by Crippen LogP contribution is 2.55. The SMILES string of the molecule is CC(C)(C)c1ccc(Nc2cc3c(cc2-c2c4c5c(c6cc(C(C)(C)C)ccc6n5-c5cc6c(cc5[B]4)-c4ccccc4C6(C)C)c4c2sc2ccccc24)-c2ccccc2C3(C)C)cc1. The minimum Gasteiger partial charge on any atom is -0.355 e. The van der Waals surface area contributed by atoms with Crippen LogP contribution >= 0.6 is 11.3 Å². The lowest BCUT2D eigenvalue weighted by atomic mass is 9.58. The molecule has 8 aromatic carbocycles. The molecule has 0 unspecified atom stereocenters. The fourth-order valence-corrected chi connectivity index (χ4v) is 13.4. The molecule has 2 aliphatic carbocycles. The van der Waals surface area contributed by atoms with Gasteiger partial charge in [-0.15, -0.1) is 11.3 Å². The van der Waals surface area contributed by atoms with Gasteiger partial charge in [-0.1, -0.05) is 166 Å². The zero-order valence-corrected chi connectivity index (χ0v) is 40.5. The normalized spacial score (nSPS) is 15.2. The van der Waals surface area contributed by atoms with E-state index in [9.17, 15) is 0 Å². The van der Waals surface area contributed by atoms with Crippen molar-refractivity contribution in [3.63, 3.8) is 0 Å². The fraction of sp³-hybridized carbons (Fsp3) is 0.226. The van der Waals surface area contributed by atoms with Gasteiger partial charge in [-0.2, -0.15) is 0 Å². The van der Waals surface area contributed by atoms with Crippen molar-refractivity contribution in [2.45, 2.75) is 90.9 Å². The summed E-state index contributed by atoms with van der Waals surface area (Å²) in [4.78, 5) is 0. The van der Waals surface area contributed by atoms with E-state index in [2.05, 4.69) is 226 Å². The zero-order chi connectivity index (χ0) is 45.4. The van der Waals surface area contributed by atoms with Gasteiger partial charge in [0, 0.05) is 69.9 Å². The molecule has 0 fully saturated rings. The van der Waals surface area contributed by atoms with Crippen LogP contribution in [0.15, 0.2) is 140 Å². The molecule has 0 bridgehead atoms. The van der Waals surface area contributed by atoms with E-state index in [1.165, 1.54) is 125 Å². The summed E-state index contributed by atoms with van der Waals surface area (Å²) < 4.78 is 5.30. The summed E-state index contributed by atoms with van der Waals surface area (Å²) in [5, 5.41) is 9.43. The van der Waals surface area contributed by atoms with Crippen LogP contribution in [-0.2, 0) is 21.7 Å². The van der Waals surface area contributed by atoms with Gasteiger partial charge in [0.25, 0.3) is 0 Å². The van der Waals surface area contributed by atoms with Gasteiger partial charge < -0.3 is 9.88 Å². The van der Waals surface area contributed by atoms with Gasteiger partial charge in [0.15, 0.2) is 7.28 Å². The number of benzene rings is 8. The van der Waals surface area contributed by atoms with E-state index in [1.54, 1.807) is 0 Å². The summed E-state index contributed by atoms with van der Waals surface area (Å²) in [7, 11) is 2.56. The van der Waals surface area contributed by atoms with Gasteiger partial charge in [0.2, 0.25) is 0 Å². The fourth-order valence-electron chi connectivity index (χ4n) is 12.1. The van der Waals surface area contributed by atoms with Gasteiger partial charge in [-0.3, -0.25) is 0 Å². The van der Waals surface area contributed by atoms with E-state index >= 15 is 0 Å². The van der Waals surface area contributed by atoms with Crippen LogP contribution in [0.3, 0.4) is 0 Å². The monoisotopic (exact) mass is 869 g/mol. The average molecular weight is 870 g/mol. The summed E-state index contributed by atoms with van der Waals surface area (Å²) in [6.45, 7) is 23.5. The maximum Gasteiger partial charge on any atom is 0.198 e. The Morgan fingerprint density at radius 1 is 0.530 bits per heavy atom. The van der Waals surface area contributed by atoms with E-state index in [0.29, 0.717) is 0 Å². The zero-order valence-electron chi connectivity index (χ0n) is 39.7. The molecule has 3 aliphatic rings. The number of aromatic nitrogens is 1. The lowest BCUT2D eigenvalue weighted by Gasteiger charge is -2.28. The third-order valence-electron chi connectivity index (χ3n) is 15.7. The first-order valence-electron chi connectivity index (χ1n) is 23.8. The maximum atomic E-state index is 4.08. The van der Waals surface area contributed by atoms with Gasteiger partial charge in [-0.25, -0.2) is 0 Å². The van der Waals surface area contributed by atoms with E-state index in [4.69, 9.17) is 0 Å². The van der Waals surface area contributed by atoms with Crippen molar-refractivity contribution in [2.75, 3.05) is 5.32 Å². The molecule has 0 atom stereocenters. The standard InChI is InChI=1S/C62H54BN2S/c1-59(2,3)34-23-26-36(27-24-34)64-49-32-46-40(37-17-11-14-20-44(37)61(46,7)8)30-42(49)55-56-57-53(54-39-19-13-16-22-52(39)66-58(54)55)43-29-35(60(4,5)6)25-28-50(43)65(57)51-33-47-41(31-48(51)63-56)38-18-12-15-21-45(38)62(47,9)10/h11-33,64H,1-10H3. The molecule has 10 aromatic rings. The molecule has 0 saturated carbocycles. The number of hydrogen-bond donors (Lipinski definition) is 1. The molecule has 13 rings (SSSR count). The third kappa shape index (κ3) is 5.37. The first kappa shape index (κ1) is 40.0. The molecule has 3 heterocycles. The van der Waals surface area contributed by atoms with Crippen LogP contribution in [0.25, 0.3) is 81.0 Å². The molecule has 1 N–H and O–H groups in total. The summed E-state index contributed by atoms with van der Waals surface area (Å²) in [6.07, 6.45) is 0. The first-order chi connectivity index (χ1) is 31.5. The quantitative estimate of drug-likeness (QED) is 0.175. The van der Waals surface area contributed by atoms with Crippen LogP contribution in [0.1, 0.15) is 103 Å². The molecule has 4 heteroatoms. The van der Waals surface area contributed by atoms with Gasteiger partial charge >= 0.3 is 0 Å². The molecule has 0 spiro atoms. The molecule has 0 amide bonds. The average Bonchev–Trinajstić information content (AvgIpc) is 3.97. The van der Waals surface area contributed by atoms with E-state index < -0.39 is 0 Å². The Hall–Kier alpha value is -6.36. The van der Waals surface area contributed by atoms with Crippen molar-refractivity contribution >= 4 is 82.9 Å². The predicted octanol–water partition coefficient (Wildman–Crippen LogP) is 15.7. The second-order valence-electron chi connectivity index (χ2n) is 22.5. The van der Waals surface area contributed by atoms with Crippen LogP contribution in [0.4, 0.5) is 11.4 Å². The van der Waals surface area contributed by atoms with Crippen molar-refractivity contribution < 1.29 is 0 Å². The smallest absolute Gasteiger partial charge is 0.198 e. The van der Waals surface area contributed by atoms with Gasteiger partial charge in [-0.05, 0) is 126 Å². The predicted molar refractivity (Wildman–Crippen MR) is 286 cm³/mol. The highest BCUT2D eigenvalue weighted by atomic mass is 32.1. The van der Waals surface area contributed by atoms with Crippen LogP contribution in [0.2, 0.25) is 0 Å². The largest absolute Gasteiger partial charge is 0.355 e. The van der Waals surface area contributed by atoms with Crippen molar-refractivity contribution in [3.05, 3.63) is 173 Å². The lowest BCUT2D eigenvalue weighted by molar-refractivity contribution is 0.590. The number of thiophene rings is 1. The number of fused-ring (bicyclic) bond motifs is 15. The van der Waals surface area contributed by atoms with Crippen LogP contribution in [0, 0.1) is 0 Å². The Morgan fingerprint density at radius 2 is 1.14 bits per heavy atom. The lowest BCUT2D eigenvalue weighted by Crippen LogP contribution is -2.38. The molecule has 1 radical (unpaired) electrons. The summed E-state index contributed by atoms with van der Waals surface area (Å²) in [5.41, 5.74) is 24.5. The number of nitrogens with one attached hydrogen (secondary N) is 1. The van der Waals surface area contributed by atoms with Gasteiger partial charge in [0.05, 0.1) is 5.52 Å². The minimum atomic E-state index is -0.158. The number of rotatable bonds is 3. The second kappa shape index (κ2) is 13.2. The van der Waals surface area contributed by atoms with Crippen molar-refractivity contribution in [1.82, 2.24) is 4.57 Å². The summed E-state index contributed by atoms with van der Waals surface area (Å²) in [6, 6.07) is 53.8. The molecule has 0 saturated heterocycles. The van der Waals surface area contributed by atoms with E-state index in [-0.39, 0.29) is 21.7 Å². The van der Waals surface area contributed by atoms with Crippen molar-refractivity contribution in [3.8, 4) is 39.1 Å². The Morgan fingerprint density at radius 3 is 1.82 bits per heavy atom. The molecule has 66 heavy (non-hydrogen) atoms. The van der Waals surface area contributed by atoms with Crippen LogP contribution in [-0.4, -0.2) is 11.8 Å². The molecule has 2 aromatic heterocycles. The number of anilines is 2. The van der Waals surface area contributed by atoms with Crippen LogP contribution in [0.5, 0.6) is 0 Å². The second-order valence-corrected chi connectivity index (χ2v) is 23.5. The first-order valence-corrected chi connectivity index (χ1v) is 24.6. The van der Waals surface area contributed by atoms with Gasteiger partial charge in [0.1, 0.15) is 0 Å². The van der Waals surface area contributed by atoms with E-state index in [0.717, 1.165) is 11.4 Å². The Bertz CT molecular complexity index is 3770. The molecule has 1 aliphatic heterocycles. The summed E-state index contributed by atoms with van der Waals surface area (Å²) in [5.74, 6) is 0. The number of hydrogen-bond acceptors (Lipinski definition) is 2. The van der Waals surface area contributed by atoms with E-state index in [1.807, 2.05) is 11.3 Å². The van der Waals surface area contributed by atoms with Crippen molar-refractivity contribution in [2.24, 2.45) is 0 Å². The molecule has 321 valence electrons. The molecule has 2 nitrogen and oxygen atoms in total. The molecular formula is C62H54BN2S.